The third-order valence-corrected chi connectivity index (χ3v) is 6.37. The highest BCUT2D eigenvalue weighted by Gasteiger charge is 2.37. The molecule has 0 unspecified atom stereocenters. The molecule has 3 aromatic rings. The number of amides is 3. The Morgan fingerprint density at radius 2 is 1.93 bits per heavy atom. The highest BCUT2D eigenvalue weighted by atomic mass is 16.6. The predicted molar refractivity (Wildman–Crippen MR) is 152 cm³/mol. The van der Waals surface area contributed by atoms with E-state index in [1.54, 1.807) is 41.7 Å². The Morgan fingerprint density at radius 3 is 2.65 bits per heavy atom. The summed E-state index contributed by atoms with van der Waals surface area (Å²) in [6, 6.07) is 12.5. The summed E-state index contributed by atoms with van der Waals surface area (Å²) in [5.41, 5.74) is 2.42. The van der Waals surface area contributed by atoms with E-state index in [4.69, 9.17) is 4.74 Å². The van der Waals surface area contributed by atoms with Crippen molar-refractivity contribution in [3.05, 3.63) is 78.3 Å². The molecule has 208 valence electrons. The Balaban J connectivity index is 1.25. The van der Waals surface area contributed by atoms with Gasteiger partial charge in [0.05, 0.1) is 12.1 Å². The fourth-order valence-electron chi connectivity index (χ4n) is 4.10. The molecular weight excluding hydrogens is 510 g/mol. The lowest BCUT2D eigenvalue weighted by atomic mass is 10.0. The van der Waals surface area contributed by atoms with Gasteiger partial charge in [0.15, 0.2) is 0 Å². The van der Waals surface area contributed by atoms with Crippen LogP contribution in [0.5, 0.6) is 0 Å². The first kappa shape index (κ1) is 28.2. The number of ether oxygens (including phenoxy) is 1. The van der Waals surface area contributed by atoms with Crippen LogP contribution in [0.4, 0.5) is 22.2 Å². The summed E-state index contributed by atoms with van der Waals surface area (Å²) in [6.07, 6.45) is 7.73. The van der Waals surface area contributed by atoms with Gasteiger partial charge >= 0.3 is 6.09 Å². The second kappa shape index (κ2) is 13.3. The molecule has 2 atom stereocenters. The Hall–Kier alpha value is -4.80. The van der Waals surface area contributed by atoms with Gasteiger partial charge in [-0.05, 0) is 54.3 Å². The molecule has 0 radical (unpaired) electrons. The average molecular weight is 544 g/mol. The standard InChI is InChI=1S/C29H33N7O4/c1-19(2)24-18-40-29(39)36(24)25-12-15-32-28(35-25)33-20(3)22-7-9-23(10-8-22)34-27(38)13-16-31-26(37)11-6-21-5-4-14-30-17-21/h4-12,14-15,17,19-20,24H,13,16,18H2,1-3H3,(H,31,37)(H,34,38)(H,32,33,35)/b11-6+/t20-,24+/m0/s1. The van der Waals surface area contributed by atoms with Crippen LogP contribution in [0.3, 0.4) is 0 Å². The van der Waals surface area contributed by atoms with Gasteiger partial charge in [-0.2, -0.15) is 4.98 Å². The van der Waals surface area contributed by atoms with Gasteiger partial charge in [-0.15, -0.1) is 0 Å². The Labute approximate surface area is 233 Å². The van der Waals surface area contributed by atoms with Crippen LogP contribution >= 0.6 is 0 Å². The van der Waals surface area contributed by atoms with Gasteiger partial charge in [0.1, 0.15) is 12.4 Å². The van der Waals surface area contributed by atoms with E-state index in [9.17, 15) is 14.4 Å². The molecule has 11 nitrogen and oxygen atoms in total. The third-order valence-electron chi connectivity index (χ3n) is 6.37. The minimum atomic E-state index is -0.408. The highest BCUT2D eigenvalue weighted by Crippen LogP contribution is 2.27. The van der Waals surface area contributed by atoms with Crippen molar-refractivity contribution in [1.82, 2.24) is 20.3 Å². The van der Waals surface area contributed by atoms with Gasteiger partial charge in [-0.1, -0.05) is 32.0 Å². The molecule has 3 heterocycles. The second-order valence-electron chi connectivity index (χ2n) is 9.69. The van der Waals surface area contributed by atoms with E-state index in [1.807, 2.05) is 51.1 Å². The number of pyridine rings is 1. The van der Waals surface area contributed by atoms with Gasteiger partial charge in [0.2, 0.25) is 17.8 Å². The quantitative estimate of drug-likeness (QED) is 0.306. The normalized spacial score (nSPS) is 15.7. The molecule has 1 saturated heterocycles. The maximum atomic E-state index is 12.3. The SMILES string of the molecule is CC(C)[C@H]1COC(=O)N1c1ccnc(N[C@@H](C)c2ccc(NC(=O)CCNC(=O)/C=C/c3cccnc3)cc2)n1. The minimum absolute atomic E-state index is 0.0825. The van der Waals surface area contributed by atoms with Crippen molar-refractivity contribution in [3.8, 4) is 0 Å². The van der Waals surface area contributed by atoms with Crippen LogP contribution < -0.4 is 20.9 Å². The Morgan fingerprint density at radius 1 is 1.12 bits per heavy atom. The largest absolute Gasteiger partial charge is 0.447 e. The second-order valence-corrected chi connectivity index (χ2v) is 9.69. The molecule has 40 heavy (non-hydrogen) atoms. The number of benzene rings is 1. The first-order valence-electron chi connectivity index (χ1n) is 13.1. The summed E-state index contributed by atoms with van der Waals surface area (Å²) in [5, 5.41) is 8.79. The van der Waals surface area contributed by atoms with E-state index in [0.29, 0.717) is 24.1 Å². The van der Waals surface area contributed by atoms with Crippen molar-refractivity contribution in [2.75, 3.05) is 28.7 Å². The van der Waals surface area contributed by atoms with Crippen molar-refractivity contribution in [3.63, 3.8) is 0 Å². The summed E-state index contributed by atoms with van der Waals surface area (Å²) >= 11 is 0. The number of nitrogens with one attached hydrogen (secondary N) is 3. The zero-order valence-electron chi connectivity index (χ0n) is 22.7. The number of carbonyl (C=O) groups is 3. The third kappa shape index (κ3) is 7.62. The van der Waals surface area contributed by atoms with Gasteiger partial charge in [0, 0.05) is 43.3 Å². The van der Waals surface area contributed by atoms with E-state index in [0.717, 1.165) is 11.1 Å². The number of nitrogens with zero attached hydrogens (tertiary/aromatic N) is 4. The average Bonchev–Trinajstić information content (AvgIpc) is 3.34. The van der Waals surface area contributed by atoms with Crippen LogP contribution in [0.15, 0.2) is 67.1 Å². The van der Waals surface area contributed by atoms with Crippen LogP contribution in [-0.4, -0.2) is 52.1 Å². The molecule has 0 saturated carbocycles. The molecule has 3 N–H and O–H groups in total. The summed E-state index contributed by atoms with van der Waals surface area (Å²) in [6.45, 7) is 6.59. The molecule has 1 fully saturated rings. The van der Waals surface area contributed by atoms with Crippen molar-refractivity contribution < 1.29 is 19.1 Å². The van der Waals surface area contributed by atoms with Crippen molar-refractivity contribution in [2.45, 2.75) is 39.3 Å². The van der Waals surface area contributed by atoms with Crippen LogP contribution in [0, 0.1) is 5.92 Å². The molecule has 0 aliphatic carbocycles. The van der Waals surface area contributed by atoms with Crippen LogP contribution in [0.2, 0.25) is 0 Å². The zero-order chi connectivity index (χ0) is 28.5. The van der Waals surface area contributed by atoms with Gasteiger partial charge in [0.25, 0.3) is 0 Å². The molecular formula is C29H33N7O4. The first-order chi connectivity index (χ1) is 19.3. The van der Waals surface area contributed by atoms with Gasteiger partial charge in [-0.25, -0.2) is 9.78 Å². The molecule has 11 heteroatoms. The summed E-state index contributed by atoms with van der Waals surface area (Å²) in [4.78, 5) is 50.9. The molecule has 3 amide bonds. The number of carbonyl (C=O) groups excluding carboxylic acids is 3. The monoisotopic (exact) mass is 543 g/mol. The van der Waals surface area contributed by atoms with Gasteiger partial charge in [-0.3, -0.25) is 19.5 Å². The fraction of sp³-hybridized carbons (Fsp3) is 0.310. The maximum absolute atomic E-state index is 12.3. The molecule has 0 bridgehead atoms. The summed E-state index contributed by atoms with van der Waals surface area (Å²) in [5.74, 6) is 0.610. The minimum Gasteiger partial charge on any atom is -0.447 e. The lowest BCUT2D eigenvalue weighted by Crippen LogP contribution is -2.37. The number of cyclic esters (lactones) is 1. The van der Waals surface area contributed by atoms with Gasteiger partial charge < -0.3 is 20.7 Å². The van der Waals surface area contributed by atoms with E-state index < -0.39 is 6.09 Å². The lowest BCUT2D eigenvalue weighted by Gasteiger charge is -2.23. The smallest absolute Gasteiger partial charge is 0.415 e. The number of hydrogen-bond donors (Lipinski definition) is 3. The maximum Gasteiger partial charge on any atom is 0.415 e. The molecule has 1 aliphatic heterocycles. The fourth-order valence-corrected chi connectivity index (χ4v) is 4.10. The van der Waals surface area contributed by atoms with Crippen LogP contribution in [-0.2, 0) is 14.3 Å². The zero-order valence-corrected chi connectivity index (χ0v) is 22.7. The van der Waals surface area contributed by atoms with Crippen LogP contribution in [0.1, 0.15) is 44.4 Å². The Kier molecular flexibility index (Phi) is 9.39. The summed E-state index contributed by atoms with van der Waals surface area (Å²) in [7, 11) is 0. The molecule has 2 aromatic heterocycles. The van der Waals surface area contributed by atoms with E-state index in [-0.39, 0.29) is 42.8 Å². The summed E-state index contributed by atoms with van der Waals surface area (Å²) < 4.78 is 5.23. The number of aromatic nitrogens is 3. The molecule has 1 aliphatic rings. The van der Waals surface area contributed by atoms with Crippen molar-refractivity contribution in [1.29, 1.82) is 0 Å². The highest BCUT2D eigenvalue weighted by molar-refractivity contribution is 5.93. The molecule has 0 spiro atoms. The van der Waals surface area contributed by atoms with Crippen LogP contribution in [0.25, 0.3) is 6.08 Å². The molecule has 4 rings (SSSR count). The van der Waals surface area contributed by atoms with Crippen molar-refractivity contribution in [2.24, 2.45) is 5.92 Å². The van der Waals surface area contributed by atoms with E-state index in [1.165, 1.54) is 6.08 Å². The number of anilines is 3. The number of rotatable bonds is 11. The lowest BCUT2D eigenvalue weighted by molar-refractivity contribution is -0.117. The first-order valence-corrected chi connectivity index (χ1v) is 13.1. The van der Waals surface area contributed by atoms with Crippen molar-refractivity contribution >= 4 is 41.4 Å². The molecule has 1 aromatic carbocycles. The van der Waals surface area contributed by atoms with E-state index >= 15 is 0 Å². The predicted octanol–water partition coefficient (Wildman–Crippen LogP) is 4.18. The Bertz CT molecular complexity index is 1350. The van der Waals surface area contributed by atoms with E-state index in [2.05, 4.69) is 30.9 Å². The number of hydrogen-bond acceptors (Lipinski definition) is 8. The topological polar surface area (TPSA) is 138 Å².